The van der Waals surface area contributed by atoms with E-state index < -0.39 is 0 Å². The van der Waals surface area contributed by atoms with Crippen LogP contribution in [0.2, 0.25) is 0 Å². The monoisotopic (exact) mass is 248 g/mol. The van der Waals surface area contributed by atoms with Crippen molar-refractivity contribution in [3.05, 3.63) is 12.4 Å². The van der Waals surface area contributed by atoms with E-state index in [1.807, 2.05) is 10.9 Å². The summed E-state index contributed by atoms with van der Waals surface area (Å²) >= 11 is 0. The van der Waals surface area contributed by atoms with Crippen molar-refractivity contribution in [2.24, 2.45) is 5.92 Å². The zero-order valence-electron chi connectivity index (χ0n) is 11.3. The predicted octanol–water partition coefficient (Wildman–Crippen LogP) is 2.49. The lowest BCUT2D eigenvalue weighted by atomic mass is 9.85. The minimum atomic E-state index is 0.575. The molecule has 0 amide bonds. The number of hydrogen-bond donors (Lipinski definition) is 0. The Kier molecular flexibility index (Phi) is 3.64. The normalized spacial score (nSPS) is 31.6. The molecule has 1 aromatic heterocycles. The Hall–Kier alpha value is -0.900. The van der Waals surface area contributed by atoms with Crippen LogP contribution in [-0.2, 0) is 0 Å². The number of likely N-dealkylation sites (tertiary alicyclic amines) is 1. The second-order valence-corrected chi connectivity index (χ2v) is 6.06. The van der Waals surface area contributed by atoms with Gasteiger partial charge in [-0.15, -0.1) is 5.10 Å². The van der Waals surface area contributed by atoms with Crippen molar-refractivity contribution in [3.63, 3.8) is 0 Å². The smallest absolute Gasteiger partial charge is 0.0693 e. The highest BCUT2D eigenvalue weighted by atomic mass is 15.4. The molecule has 4 nitrogen and oxygen atoms in total. The summed E-state index contributed by atoms with van der Waals surface area (Å²) in [6.07, 6.45) is 11.9. The largest absolute Gasteiger partial charge is 0.300 e. The van der Waals surface area contributed by atoms with Gasteiger partial charge in [0.2, 0.25) is 0 Å². The highest BCUT2D eigenvalue weighted by Gasteiger charge is 2.28. The third-order valence-electron chi connectivity index (χ3n) is 4.82. The molecule has 0 atom stereocenters. The third kappa shape index (κ3) is 2.58. The highest BCUT2D eigenvalue weighted by Crippen LogP contribution is 2.30. The molecular weight excluding hydrogens is 224 g/mol. The Balaban J connectivity index is 1.51. The molecule has 0 spiro atoms. The molecule has 2 heterocycles. The van der Waals surface area contributed by atoms with E-state index in [0.29, 0.717) is 6.04 Å². The summed E-state index contributed by atoms with van der Waals surface area (Å²) in [4.78, 5) is 2.72. The van der Waals surface area contributed by atoms with Gasteiger partial charge < -0.3 is 4.90 Å². The van der Waals surface area contributed by atoms with Crippen molar-refractivity contribution in [1.29, 1.82) is 0 Å². The predicted molar refractivity (Wildman–Crippen MR) is 71.3 cm³/mol. The Labute approximate surface area is 109 Å². The summed E-state index contributed by atoms with van der Waals surface area (Å²) in [6, 6.07) is 1.43. The maximum atomic E-state index is 4.14. The molecule has 18 heavy (non-hydrogen) atoms. The van der Waals surface area contributed by atoms with Gasteiger partial charge in [-0.25, -0.2) is 4.68 Å². The fourth-order valence-corrected chi connectivity index (χ4v) is 3.54. The van der Waals surface area contributed by atoms with E-state index in [1.54, 1.807) is 6.20 Å². The number of rotatable bonds is 2. The Bertz CT molecular complexity index is 346. The average molecular weight is 248 g/mol. The van der Waals surface area contributed by atoms with Crippen LogP contribution < -0.4 is 0 Å². The number of aromatic nitrogens is 3. The van der Waals surface area contributed by atoms with Crippen LogP contribution in [0, 0.1) is 5.92 Å². The van der Waals surface area contributed by atoms with Crippen LogP contribution in [0.25, 0.3) is 0 Å². The molecule has 0 radical (unpaired) electrons. The molecule has 0 unspecified atom stereocenters. The molecule has 1 aliphatic heterocycles. The maximum absolute atomic E-state index is 4.14. The molecular formula is C14H24N4. The van der Waals surface area contributed by atoms with Gasteiger partial charge in [0.25, 0.3) is 0 Å². The van der Waals surface area contributed by atoms with Crippen molar-refractivity contribution in [2.45, 2.75) is 57.5 Å². The molecule has 1 aromatic rings. The van der Waals surface area contributed by atoms with Gasteiger partial charge >= 0.3 is 0 Å². The highest BCUT2D eigenvalue weighted by molar-refractivity contribution is 4.84. The Morgan fingerprint density at radius 3 is 2.28 bits per heavy atom. The number of piperidine rings is 1. The van der Waals surface area contributed by atoms with Crippen molar-refractivity contribution in [3.8, 4) is 0 Å². The lowest BCUT2D eigenvalue weighted by Crippen LogP contribution is -2.43. The van der Waals surface area contributed by atoms with Gasteiger partial charge in [0, 0.05) is 25.3 Å². The van der Waals surface area contributed by atoms with Gasteiger partial charge in [0.15, 0.2) is 0 Å². The van der Waals surface area contributed by atoms with Gasteiger partial charge in [-0.1, -0.05) is 12.1 Å². The summed E-state index contributed by atoms with van der Waals surface area (Å²) in [7, 11) is 0. The first-order chi connectivity index (χ1) is 8.83. The summed E-state index contributed by atoms with van der Waals surface area (Å²) in [6.45, 7) is 4.88. The second kappa shape index (κ2) is 5.39. The van der Waals surface area contributed by atoms with Crippen LogP contribution in [0.5, 0.6) is 0 Å². The average Bonchev–Trinajstić information content (AvgIpc) is 2.94. The van der Waals surface area contributed by atoms with Crippen LogP contribution in [0.15, 0.2) is 12.4 Å². The molecule has 4 heteroatoms. The molecule has 1 aliphatic carbocycles. The van der Waals surface area contributed by atoms with Gasteiger partial charge in [0.05, 0.1) is 12.2 Å². The Morgan fingerprint density at radius 2 is 1.67 bits per heavy atom. The minimum absolute atomic E-state index is 0.575. The Morgan fingerprint density at radius 1 is 0.944 bits per heavy atom. The van der Waals surface area contributed by atoms with Crippen LogP contribution >= 0.6 is 0 Å². The van der Waals surface area contributed by atoms with E-state index in [-0.39, 0.29) is 0 Å². The third-order valence-corrected chi connectivity index (χ3v) is 4.82. The first-order valence-electron chi connectivity index (χ1n) is 7.43. The molecule has 0 N–H and O–H groups in total. The summed E-state index contributed by atoms with van der Waals surface area (Å²) < 4.78 is 2.04. The number of nitrogens with zero attached hydrogens (tertiary/aromatic N) is 4. The van der Waals surface area contributed by atoms with E-state index in [0.717, 1.165) is 12.0 Å². The first-order valence-corrected chi connectivity index (χ1v) is 7.43. The molecule has 100 valence electrons. The first kappa shape index (κ1) is 12.2. The fourth-order valence-electron chi connectivity index (χ4n) is 3.54. The van der Waals surface area contributed by atoms with E-state index in [1.165, 1.54) is 51.6 Å². The van der Waals surface area contributed by atoms with Gasteiger partial charge in [-0.05, 0) is 44.4 Å². The maximum Gasteiger partial charge on any atom is 0.0693 e. The van der Waals surface area contributed by atoms with Crippen molar-refractivity contribution in [1.82, 2.24) is 19.9 Å². The second-order valence-electron chi connectivity index (χ2n) is 6.06. The zero-order valence-corrected chi connectivity index (χ0v) is 11.3. The summed E-state index contributed by atoms with van der Waals surface area (Å²) in [5.74, 6) is 0.953. The van der Waals surface area contributed by atoms with Crippen LogP contribution in [0.3, 0.4) is 0 Å². The topological polar surface area (TPSA) is 34.0 Å². The van der Waals surface area contributed by atoms with Crippen molar-refractivity contribution in [2.75, 3.05) is 13.1 Å². The molecule has 0 aromatic carbocycles. The SMILES string of the molecule is CC1CCC(N2CCC(n3ccnn3)CC2)CC1. The molecule has 1 saturated carbocycles. The molecule has 2 aliphatic rings. The molecule has 2 fully saturated rings. The van der Waals surface area contributed by atoms with E-state index in [2.05, 4.69) is 22.1 Å². The quantitative estimate of drug-likeness (QED) is 0.806. The zero-order chi connectivity index (χ0) is 12.4. The fraction of sp³-hybridized carbons (Fsp3) is 0.857. The summed E-state index contributed by atoms with van der Waals surface area (Å²) in [5.41, 5.74) is 0. The van der Waals surface area contributed by atoms with Crippen LogP contribution in [-0.4, -0.2) is 39.0 Å². The molecule has 0 bridgehead atoms. The van der Waals surface area contributed by atoms with Crippen molar-refractivity contribution < 1.29 is 0 Å². The van der Waals surface area contributed by atoms with E-state index in [9.17, 15) is 0 Å². The standard InChI is InChI=1S/C14H24N4/c1-12-2-4-13(5-3-12)17-9-6-14(7-10-17)18-11-8-15-16-18/h8,11-14H,2-7,9-10H2,1H3. The minimum Gasteiger partial charge on any atom is -0.300 e. The molecule has 3 rings (SSSR count). The van der Waals surface area contributed by atoms with Gasteiger partial charge in [-0.2, -0.15) is 0 Å². The molecule has 1 saturated heterocycles. The van der Waals surface area contributed by atoms with Gasteiger partial charge in [-0.3, -0.25) is 0 Å². The van der Waals surface area contributed by atoms with E-state index >= 15 is 0 Å². The summed E-state index contributed by atoms with van der Waals surface area (Å²) in [5, 5.41) is 8.05. The van der Waals surface area contributed by atoms with E-state index in [4.69, 9.17) is 0 Å². The number of hydrogen-bond acceptors (Lipinski definition) is 3. The lowest BCUT2D eigenvalue weighted by Gasteiger charge is -2.40. The van der Waals surface area contributed by atoms with Crippen molar-refractivity contribution >= 4 is 0 Å². The van der Waals surface area contributed by atoms with Crippen LogP contribution in [0.4, 0.5) is 0 Å². The lowest BCUT2D eigenvalue weighted by molar-refractivity contribution is 0.0956. The van der Waals surface area contributed by atoms with Crippen LogP contribution in [0.1, 0.15) is 51.5 Å². The van der Waals surface area contributed by atoms with Gasteiger partial charge in [0.1, 0.15) is 0 Å².